The number of hydrogen-bond acceptors (Lipinski definition) is 3. The van der Waals surface area contributed by atoms with Crippen LogP contribution in [0.25, 0.3) is 0 Å². The highest BCUT2D eigenvalue weighted by Crippen LogP contribution is 2.04. The normalized spacial score (nSPS) is 9.91. The van der Waals surface area contributed by atoms with Gasteiger partial charge in [0.1, 0.15) is 0 Å². The second-order valence-corrected chi connectivity index (χ2v) is 2.09. The third-order valence-electron chi connectivity index (χ3n) is 1.34. The second-order valence-electron chi connectivity index (χ2n) is 2.09. The topological polar surface area (TPSA) is 86.0 Å². The summed E-state index contributed by atoms with van der Waals surface area (Å²) in [6.45, 7) is 1.75. The molecule has 0 saturated carbocycles. The molecule has 5 heteroatoms. The quantitative estimate of drug-likeness (QED) is 0.471. The molecule has 0 atom stereocenters. The fraction of sp³-hybridized carbons (Fsp3) is 0.333. The van der Waals surface area contributed by atoms with Crippen molar-refractivity contribution in [3.05, 3.63) is 26.4 Å². The van der Waals surface area contributed by atoms with Crippen molar-refractivity contribution < 1.29 is 5.11 Å². The molecule has 11 heavy (non-hydrogen) atoms. The predicted molar refractivity (Wildman–Crippen MR) is 38.7 cm³/mol. The average molecular weight is 156 g/mol. The maximum absolute atomic E-state index is 10.6. The van der Waals surface area contributed by atoms with Gasteiger partial charge >= 0.3 is 11.1 Å². The molecule has 0 amide bonds. The maximum atomic E-state index is 10.6. The van der Waals surface area contributed by atoms with Crippen LogP contribution in [0.4, 0.5) is 0 Å². The first kappa shape index (κ1) is 7.59. The van der Waals surface area contributed by atoms with Gasteiger partial charge in [0.05, 0.1) is 5.69 Å². The minimum Gasteiger partial charge on any atom is -0.493 e. The number of aromatic nitrogens is 2. The summed E-state index contributed by atoms with van der Waals surface area (Å²) in [4.78, 5) is 25.4. The van der Waals surface area contributed by atoms with Crippen LogP contribution in [-0.4, -0.2) is 15.1 Å². The zero-order valence-corrected chi connectivity index (χ0v) is 5.97. The van der Waals surface area contributed by atoms with Crippen molar-refractivity contribution in [2.24, 2.45) is 0 Å². The lowest BCUT2D eigenvalue weighted by Gasteiger charge is -1.97. The molecule has 0 aliphatic carbocycles. The Balaban J connectivity index is 3.44. The first-order valence-corrected chi connectivity index (χ1v) is 3.19. The second kappa shape index (κ2) is 2.61. The Morgan fingerprint density at radius 2 is 1.82 bits per heavy atom. The largest absolute Gasteiger partial charge is 0.493 e. The molecule has 1 aromatic heterocycles. The highest BCUT2D eigenvalue weighted by molar-refractivity contribution is 5.14. The first-order valence-electron chi connectivity index (χ1n) is 3.19. The van der Waals surface area contributed by atoms with Crippen LogP contribution in [0.2, 0.25) is 0 Å². The standard InChI is InChI=1S/C6H8N2O3/c1-2-3-4(9)8-6(11)5(10)7-3/h2H2,1H3,(H,7,10)(H2,8,9,11). The smallest absolute Gasteiger partial charge is 0.316 e. The number of nitrogens with one attached hydrogen (secondary N) is 2. The van der Waals surface area contributed by atoms with E-state index in [2.05, 4.69) is 4.98 Å². The molecular weight excluding hydrogens is 148 g/mol. The third-order valence-corrected chi connectivity index (χ3v) is 1.34. The van der Waals surface area contributed by atoms with Gasteiger partial charge in [-0.2, -0.15) is 0 Å². The number of rotatable bonds is 1. The molecule has 3 N–H and O–H groups in total. The van der Waals surface area contributed by atoms with Crippen molar-refractivity contribution in [3.63, 3.8) is 0 Å². The van der Waals surface area contributed by atoms with E-state index in [-0.39, 0.29) is 5.88 Å². The molecule has 0 unspecified atom stereocenters. The summed E-state index contributed by atoms with van der Waals surface area (Å²) in [5, 5.41) is 8.99. The molecule has 0 aromatic carbocycles. The SMILES string of the molecule is CCc1[nH]c(=O)c(=O)[nH]c1O. The van der Waals surface area contributed by atoms with Gasteiger partial charge in [-0.1, -0.05) is 6.92 Å². The van der Waals surface area contributed by atoms with Crippen molar-refractivity contribution in [1.82, 2.24) is 9.97 Å². The van der Waals surface area contributed by atoms with Crippen LogP contribution >= 0.6 is 0 Å². The summed E-state index contributed by atoms with van der Waals surface area (Å²) in [7, 11) is 0. The minimum atomic E-state index is -0.834. The molecule has 0 saturated heterocycles. The maximum Gasteiger partial charge on any atom is 0.316 e. The minimum absolute atomic E-state index is 0.267. The zero-order valence-electron chi connectivity index (χ0n) is 5.97. The van der Waals surface area contributed by atoms with Gasteiger partial charge in [-0.25, -0.2) is 0 Å². The predicted octanol–water partition coefficient (Wildman–Crippen LogP) is -0.669. The van der Waals surface area contributed by atoms with E-state index < -0.39 is 11.1 Å². The Bertz CT molecular complexity index is 363. The first-order chi connectivity index (χ1) is 5.15. The van der Waals surface area contributed by atoms with Crippen LogP contribution in [-0.2, 0) is 6.42 Å². The summed E-state index contributed by atoms with van der Waals surface area (Å²) in [6, 6.07) is 0. The van der Waals surface area contributed by atoms with Crippen molar-refractivity contribution in [2.45, 2.75) is 13.3 Å². The number of aromatic amines is 2. The zero-order chi connectivity index (χ0) is 8.43. The van der Waals surface area contributed by atoms with Crippen LogP contribution in [0.15, 0.2) is 9.59 Å². The van der Waals surface area contributed by atoms with E-state index in [1.54, 1.807) is 6.92 Å². The van der Waals surface area contributed by atoms with Gasteiger partial charge in [0.15, 0.2) is 0 Å². The summed E-state index contributed by atoms with van der Waals surface area (Å²) < 4.78 is 0. The summed E-state index contributed by atoms with van der Waals surface area (Å²) in [5.74, 6) is -0.267. The van der Waals surface area contributed by atoms with Gasteiger partial charge in [-0.05, 0) is 6.42 Å². The van der Waals surface area contributed by atoms with Crippen LogP contribution < -0.4 is 11.1 Å². The molecule has 0 fully saturated rings. The lowest BCUT2D eigenvalue weighted by molar-refractivity contribution is 0.439. The fourth-order valence-electron chi connectivity index (χ4n) is 0.749. The number of hydrogen-bond donors (Lipinski definition) is 3. The molecule has 0 bridgehead atoms. The van der Waals surface area contributed by atoms with Crippen molar-refractivity contribution in [3.8, 4) is 5.88 Å². The Morgan fingerprint density at radius 1 is 1.27 bits per heavy atom. The number of aryl methyl sites for hydroxylation is 1. The molecule has 1 aromatic rings. The number of H-pyrrole nitrogens is 2. The highest BCUT2D eigenvalue weighted by atomic mass is 16.3. The van der Waals surface area contributed by atoms with Crippen molar-refractivity contribution in [2.75, 3.05) is 0 Å². The lowest BCUT2D eigenvalue weighted by Crippen LogP contribution is -2.30. The Labute approximate surface area is 61.7 Å². The average Bonchev–Trinajstić information content (AvgIpc) is 1.97. The van der Waals surface area contributed by atoms with E-state index in [0.717, 1.165) is 0 Å². The van der Waals surface area contributed by atoms with Crippen molar-refractivity contribution >= 4 is 0 Å². The van der Waals surface area contributed by atoms with Gasteiger partial charge in [0.2, 0.25) is 5.88 Å². The van der Waals surface area contributed by atoms with Crippen LogP contribution in [0.3, 0.4) is 0 Å². The van der Waals surface area contributed by atoms with Gasteiger partial charge in [-0.15, -0.1) is 0 Å². The lowest BCUT2D eigenvalue weighted by atomic mass is 10.3. The third kappa shape index (κ3) is 1.31. The molecule has 0 aliphatic heterocycles. The monoisotopic (exact) mass is 156 g/mol. The highest BCUT2D eigenvalue weighted by Gasteiger charge is 2.01. The van der Waals surface area contributed by atoms with E-state index in [4.69, 9.17) is 5.11 Å². The van der Waals surface area contributed by atoms with Gasteiger partial charge < -0.3 is 10.1 Å². The van der Waals surface area contributed by atoms with E-state index >= 15 is 0 Å². The number of aromatic hydroxyl groups is 1. The molecule has 1 rings (SSSR count). The molecule has 0 aliphatic rings. The molecule has 1 heterocycles. The molecule has 0 spiro atoms. The van der Waals surface area contributed by atoms with E-state index in [9.17, 15) is 9.59 Å². The fourth-order valence-corrected chi connectivity index (χ4v) is 0.749. The molecule has 5 nitrogen and oxygen atoms in total. The summed E-state index contributed by atoms with van der Waals surface area (Å²) in [5.41, 5.74) is -1.23. The molecule has 60 valence electrons. The molecule has 0 radical (unpaired) electrons. The molecular formula is C6H8N2O3. The van der Waals surface area contributed by atoms with Gasteiger partial charge in [0.25, 0.3) is 0 Å². The van der Waals surface area contributed by atoms with Crippen LogP contribution in [0.5, 0.6) is 5.88 Å². The Morgan fingerprint density at radius 3 is 2.36 bits per heavy atom. The van der Waals surface area contributed by atoms with Gasteiger partial charge in [-0.3, -0.25) is 14.6 Å². The van der Waals surface area contributed by atoms with E-state index in [0.29, 0.717) is 12.1 Å². The van der Waals surface area contributed by atoms with Crippen LogP contribution in [0, 0.1) is 0 Å². The van der Waals surface area contributed by atoms with Crippen molar-refractivity contribution in [1.29, 1.82) is 0 Å². The Kier molecular flexibility index (Phi) is 1.80. The van der Waals surface area contributed by atoms with E-state index in [1.165, 1.54) is 0 Å². The van der Waals surface area contributed by atoms with E-state index in [1.807, 2.05) is 4.98 Å². The Hall–Kier alpha value is -1.52. The summed E-state index contributed by atoms with van der Waals surface area (Å²) >= 11 is 0. The summed E-state index contributed by atoms with van der Waals surface area (Å²) in [6.07, 6.45) is 0.470. The van der Waals surface area contributed by atoms with Crippen LogP contribution in [0.1, 0.15) is 12.6 Å². The van der Waals surface area contributed by atoms with Gasteiger partial charge in [0, 0.05) is 0 Å².